The lowest BCUT2D eigenvalue weighted by atomic mass is 9.97. The highest BCUT2D eigenvalue weighted by atomic mass is 35.5. The second-order valence-corrected chi connectivity index (χ2v) is 9.35. The number of thioether (sulfide) groups is 1. The van der Waals surface area contributed by atoms with Crippen LogP contribution in [0.2, 0.25) is 5.02 Å². The molecule has 9 nitrogen and oxygen atoms in total. The fourth-order valence-corrected chi connectivity index (χ4v) is 5.24. The van der Waals surface area contributed by atoms with Gasteiger partial charge in [0.15, 0.2) is 5.69 Å². The Morgan fingerprint density at radius 3 is 2.66 bits per heavy atom. The number of aliphatic hydroxyl groups is 2. The fraction of sp³-hybridized carbons (Fsp3) is 0.364. The van der Waals surface area contributed by atoms with Gasteiger partial charge in [0.1, 0.15) is 58.2 Å². The van der Waals surface area contributed by atoms with Crippen LogP contribution in [0.25, 0.3) is 11.3 Å². The third kappa shape index (κ3) is 5.02. The van der Waals surface area contributed by atoms with Gasteiger partial charge in [0.2, 0.25) is 0 Å². The van der Waals surface area contributed by atoms with Crippen LogP contribution in [0, 0.1) is 29.9 Å². The predicted octanol–water partition coefficient (Wildman–Crippen LogP) is 2.88. The van der Waals surface area contributed by atoms with Crippen LogP contribution >= 0.6 is 23.4 Å². The molecule has 0 saturated carbocycles. The van der Waals surface area contributed by atoms with Crippen molar-refractivity contribution in [1.82, 2.24) is 20.0 Å². The first kappa shape index (κ1) is 25.4. The number of ether oxygens (including phenoxy) is 2. The van der Waals surface area contributed by atoms with E-state index in [1.165, 1.54) is 18.0 Å². The number of aromatic nitrogens is 4. The summed E-state index contributed by atoms with van der Waals surface area (Å²) in [6.45, 7) is 1.33. The van der Waals surface area contributed by atoms with Crippen LogP contribution in [0.4, 0.5) is 8.78 Å². The fourth-order valence-electron chi connectivity index (χ4n) is 3.81. The van der Waals surface area contributed by atoms with Gasteiger partial charge in [-0.25, -0.2) is 18.4 Å². The molecule has 35 heavy (non-hydrogen) atoms. The Labute approximate surface area is 208 Å². The van der Waals surface area contributed by atoms with Gasteiger partial charge in [-0.3, -0.25) is 0 Å². The molecule has 13 heteroatoms. The van der Waals surface area contributed by atoms with Gasteiger partial charge in [-0.2, -0.15) is 5.26 Å². The molecule has 0 bridgehead atoms. The van der Waals surface area contributed by atoms with Crippen molar-refractivity contribution in [3.63, 3.8) is 0 Å². The van der Waals surface area contributed by atoms with E-state index in [2.05, 4.69) is 15.3 Å². The van der Waals surface area contributed by atoms with Gasteiger partial charge < -0.3 is 19.7 Å². The quantitative estimate of drug-likeness (QED) is 0.469. The number of benzene rings is 1. The van der Waals surface area contributed by atoms with Gasteiger partial charge in [-0.1, -0.05) is 28.6 Å². The van der Waals surface area contributed by atoms with Crippen molar-refractivity contribution in [2.24, 2.45) is 0 Å². The minimum Gasteiger partial charge on any atom is -0.394 e. The number of rotatable bonds is 6. The molecule has 3 heterocycles. The molecular formula is C22H20ClF2N5O4S. The molecule has 5 unspecified atom stereocenters. The maximum atomic E-state index is 13.9. The number of nitriles is 1. The summed E-state index contributed by atoms with van der Waals surface area (Å²) >= 11 is 6.72. The topological polar surface area (TPSA) is 126 Å². The molecule has 3 aromatic rings. The van der Waals surface area contributed by atoms with E-state index in [1.807, 2.05) is 13.0 Å². The Kier molecular flexibility index (Phi) is 7.65. The summed E-state index contributed by atoms with van der Waals surface area (Å²) in [7, 11) is 1.42. The number of pyridine rings is 1. The number of aliphatic hydroxyl groups excluding tert-OH is 2. The second kappa shape index (κ2) is 10.5. The molecule has 0 aliphatic carbocycles. The summed E-state index contributed by atoms with van der Waals surface area (Å²) in [5.74, 6) is -1.90. The Hall–Kier alpha value is -2.66. The zero-order valence-corrected chi connectivity index (χ0v) is 20.0. The Bertz CT molecular complexity index is 1250. The van der Waals surface area contributed by atoms with Gasteiger partial charge in [-0.15, -0.1) is 5.10 Å². The Balaban J connectivity index is 1.70. The smallest absolute Gasteiger partial charge is 0.154 e. The van der Waals surface area contributed by atoms with Crippen molar-refractivity contribution in [1.29, 1.82) is 5.26 Å². The molecule has 2 aromatic heterocycles. The minimum atomic E-state index is -1.26. The molecule has 1 saturated heterocycles. The van der Waals surface area contributed by atoms with E-state index in [4.69, 9.17) is 21.1 Å². The molecule has 1 aliphatic rings. The van der Waals surface area contributed by atoms with Crippen LogP contribution in [-0.2, 0) is 9.47 Å². The number of halogens is 3. The van der Waals surface area contributed by atoms with E-state index in [0.717, 1.165) is 29.5 Å². The molecule has 4 rings (SSSR count). The molecule has 2 N–H and O–H groups in total. The van der Waals surface area contributed by atoms with E-state index in [1.54, 1.807) is 12.3 Å². The van der Waals surface area contributed by atoms with Crippen LogP contribution in [0.15, 0.2) is 35.5 Å². The average Bonchev–Trinajstić information content (AvgIpc) is 3.32. The van der Waals surface area contributed by atoms with Gasteiger partial charge in [0.25, 0.3) is 0 Å². The van der Waals surface area contributed by atoms with Crippen molar-refractivity contribution in [3.8, 4) is 17.3 Å². The van der Waals surface area contributed by atoms with Crippen LogP contribution < -0.4 is 0 Å². The Morgan fingerprint density at radius 1 is 1.31 bits per heavy atom. The minimum absolute atomic E-state index is 0.0975. The van der Waals surface area contributed by atoms with Crippen molar-refractivity contribution in [2.75, 3.05) is 13.7 Å². The van der Waals surface area contributed by atoms with Crippen LogP contribution in [0.3, 0.4) is 0 Å². The summed E-state index contributed by atoms with van der Waals surface area (Å²) in [6, 6.07) is 4.96. The van der Waals surface area contributed by atoms with Gasteiger partial charge in [-0.05, 0) is 30.7 Å². The van der Waals surface area contributed by atoms with Crippen LogP contribution in [0.5, 0.6) is 0 Å². The third-order valence-electron chi connectivity index (χ3n) is 5.53. The maximum Gasteiger partial charge on any atom is 0.154 e. The molecule has 0 radical (unpaired) electrons. The molecule has 184 valence electrons. The van der Waals surface area contributed by atoms with Crippen LogP contribution in [-0.4, -0.2) is 67.7 Å². The lowest BCUT2D eigenvalue weighted by molar-refractivity contribution is -0.186. The van der Waals surface area contributed by atoms with Crippen molar-refractivity contribution < 1.29 is 28.5 Å². The highest BCUT2D eigenvalue weighted by molar-refractivity contribution is 7.99. The van der Waals surface area contributed by atoms with E-state index in [-0.39, 0.29) is 17.0 Å². The molecule has 0 amide bonds. The highest BCUT2D eigenvalue weighted by Crippen LogP contribution is 2.40. The van der Waals surface area contributed by atoms with E-state index >= 15 is 0 Å². The number of methoxy groups -OCH3 is 1. The molecule has 0 spiro atoms. The first-order chi connectivity index (χ1) is 16.8. The number of hydrogen-bond acceptors (Lipinski definition) is 9. The van der Waals surface area contributed by atoms with Gasteiger partial charge in [0.05, 0.1) is 12.8 Å². The first-order valence-electron chi connectivity index (χ1n) is 10.3. The standard InChI is InChI=1S/C22H20ClF2N5O4S/c1-10-3-17(14(6-26)27-7-10)35-22-21(33-2)19(20(32)16(9-31)34-22)30-8-15(28-29-30)11-4-12(24)18(23)13(25)5-11/h3-5,7-8,16,19-22,31-32H,9H2,1-2H3. The third-order valence-corrected chi connectivity index (χ3v) is 7.07. The SMILES string of the molecule is COC1C(Sc2cc(C)cnc2C#N)OC(CO)C(O)C1n1cc(-c2cc(F)c(Cl)c(F)c2)nn1. The van der Waals surface area contributed by atoms with Gasteiger partial charge >= 0.3 is 0 Å². The number of aryl methyl sites for hydroxylation is 1. The monoisotopic (exact) mass is 523 g/mol. The second-order valence-electron chi connectivity index (χ2n) is 7.83. The first-order valence-corrected chi connectivity index (χ1v) is 11.6. The summed E-state index contributed by atoms with van der Waals surface area (Å²) in [4.78, 5) is 4.67. The summed E-state index contributed by atoms with van der Waals surface area (Å²) in [6.07, 6.45) is -0.122. The molecule has 1 aromatic carbocycles. The normalized spacial score (nSPS) is 24.3. The zero-order valence-electron chi connectivity index (χ0n) is 18.5. The molecule has 1 fully saturated rings. The zero-order chi connectivity index (χ0) is 25.3. The van der Waals surface area contributed by atoms with Gasteiger partial charge in [0, 0.05) is 23.8 Å². The summed E-state index contributed by atoms with van der Waals surface area (Å²) in [5.41, 5.74) is 0.471. The van der Waals surface area contributed by atoms with Crippen LogP contribution in [0.1, 0.15) is 17.3 Å². The maximum absolute atomic E-state index is 13.9. The van der Waals surface area contributed by atoms with E-state index < -0.39 is 53.1 Å². The van der Waals surface area contributed by atoms with Crippen molar-refractivity contribution >= 4 is 23.4 Å². The Morgan fingerprint density at radius 2 is 2.03 bits per heavy atom. The van der Waals surface area contributed by atoms with Crippen molar-refractivity contribution in [2.45, 2.75) is 41.6 Å². The summed E-state index contributed by atoms with van der Waals surface area (Å²) < 4.78 is 40.8. The van der Waals surface area contributed by atoms with E-state index in [9.17, 15) is 24.3 Å². The molecular weight excluding hydrogens is 504 g/mol. The number of nitrogens with zero attached hydrogens (tertiary/aromatic N) is 5. The molecule has 5 atom stereocenters. The molecule has 1 aliphatic heterocycles. The average molecular weight is 524 g/mol. The summed E-state index contributed by atoms with van der Waals surface area (Å²) in [5, 5.41) is 37.6. The largest absolute Gasteiger partial charge is 0.394 e. The number of hydrogen-bond donors (Lipinski definition) is 2. The predicted molar refractivity (Wildman–Crippen MR) is 122 cm³/mol. The van der Waals surface area contributed by atoms with Crippen molar-refractivity contribution in [3.05, 3.63) is 58.5 Å². The lowest BCUT2D eigenvalue weighted by Gasteiger charge is -2.43. The van der Waals surface area contributed by atoms with E-state index in [0.29, 0.717) is 4.90 Å². The lowest BCUT2D eigenvalue weighted by Crippen LogP contribution is -2.55. The highest BCUT2D eigenvalue weighted by Gasteiger charge is 2.47.